The smallest absolute Gasteiger partial charge is 0.297 e. The molecule has 5 nitrogen and oxygen atoms in total. The van der Waals surface area contributed by atoms with E-state index in [9.17, 15) is 10.1 Å². The van der Waals surface area contributed by atoms with Crippen molar-refractivity contribution in [2.45, 2.75) is 13.0 Å². The number of nitrogens with zero attached hydrogens (tertiary/aromatic N) is 1. The van der Waals surface area contributed by atoms with E-state index in [-0.39, 0.29) is 11.7 Å². The zero-order chi connectivity index (χ0) is 11.0. The van der Waals surface area contributed by atoms with Crippen LogP contribution in [0.15, 0.2) is 12.1 Å². The molecule has 1 aromatic carbocycles. The number of hydrogen-bond donors (Lipinski definition) is 1. The highest BCUT2D eigenvalue weighted by atomic mass is 35.5. The van der Waals surface area contributed by atoms with Crippen molar-refractivity contribution in [1.29, 1.82) is 0 Å². The van der Waals surface area contributed by atoms with Gasteiger partial charge in [0, 0.05) is 12.1 Å². The number of nitro benzene ring substituents is 1. The van der Waals surface area contributed by atoms with Crippen molar-refractivity contribution in [2.75, 3.05) is 11.9 Å². The molecule has 0 saturated heterocycles. The fourth-order valence-corrected chi connectivity index (χ4v) is 1.68. The van der Waals surface area contributed by atoms with E-state index in [1.54, 1.807) is 6.07 Å². The molecule has 0 spiro atoms. The van der Waals surface area contributed by atoms with Crippen LogP contribution in [0.25, 0.3) is 0 Å². The van der Waals surface area contributed by atoms with Gasteiger partial charge in [0.1, 0.15) is 6.61 Å². The molecule has 0 aliphatic carbocycles. The first-order valence-electron chi connectivity index (χ1n) is 4.45. The Hall–Kier alpha value is -1.49. The van der Waals surface area contributed by atoms with Gasteiger partial charge in [0.05, 0.1) is 16.0 Å². The van der Waals surface area contributed by atoms with Gasteiger partial charge in [0.25, 0.3) is 5.69 Å². The lowest BCUT2D eigenvalue weighted by atomic mass is 10.2. The Morgan fingerprint density at radius 1 is 1.67 bits per heavy atom. The number of rotatable bonds is 1. The van der Waals surface area contributed by atoms with Crippen LogP contribution in [-0.2, 0) is 0 Å². The predicted octanol–water partition coefficient (Wildman–Crippen LogP) is 2.44. The van der Waals surface area contributed by atoms with E-state index in [0.29, 0.717) is 23.1 Å². The molecule has 0 saturated carbocycles. The summed E-state index contributed by atoms with van der Waals surface area (Å²) in [6.07, 6.45) is 0. The highest BCUT2D eigenvalue weighted by Crippen LogP contribution is 2.39. The Bertz CT molecular complexity index is 422. The summed E-state index contributed by atoms with van der Waals surface area (Å²) in [6, 6.07) is 2.94. The molecule has 80 valence electrons. The zero-order valence-corrected chi connectivity index (χ0v) is 8.75. The normalized spacial score (nSPS) is 18.7. The zero-order valence-electron chi connectivity index (χ0n) is 7.99. The molecule has 1 aliphatic rings. The van der Waals surface area contributed by atoms with Gasteiger partial charge >= 0.3 is 0 Å². The lowest BCUT2D eigenvalue weighted by Crippen LogP contribution is -2.28. The van der Waals surface area contributed by atoms with Gasteiger partial charge in [0.2, 0.25) is 0 Å². The van der Waals surface area contributed by atoms with Crippen molar-refractivity contribution in [3.8, 4) is 5.75 Å². The lowest BCUT2D eigenvalue weighted by Gasteiger charge is -2.24. The summed E-state index contributed by atoms with van der Waals surface area (Å²) < 4.78 is 5.36. The maximum absolute atomic E-state index is 10.8. The lowest BCUT2D eigenvalue weighted by molar-refractivity contribution is -0.384. The van der Waals surface area contributed by atoms with E-state index < -0.39 is 4.92 Å². The summed E-state index contributed by atoms with van der Waals surface area (Å²) in [5, 5.41) is 14.1. The van der Waals surface area contributed by atoms with Crippen molar-refractivity contribution in [1.82, 2.24) is 0 Å². The quantitative estimate of drug-likeness (QED) is 0.592. The second kappa shape index (κ2) is 3.58. The van der Waals surface area contributed by atoms with Crippen molar-refractivity contribution in [3.63, 3.8) is 0 Å². The van der Waals surface area contributed by atoms with E-state index in [0.717, 1.165) is 0 Å². The third-order valence-electron chi connectivity index (χ3n) is 2.12. The molecule has 0 amide bonds. The molecule has 0 unspecified atom stereocenters. The molecule has 0 radical (unpaired) electrons. The van der Waals surface area contributed by atoms with Crippen LogP contribution < -0.4 is 10.1 Å². The molecular weight excluding hydrogens is 220 g/mol. The van der Waals surface area contributed by atoms with E-state index in [1.807, 2.05) is 6.92 Å². The number of hydrogen-bond acceptors (Lipinski definition) is 4. The summed E-state index contributed by atoms with van der Waals surface area (Å²) in [5.41, 5.74) is 0.354. The van der Waals surface area contributed by atoms with Crippen LogP contribution in [0.2, 0.25) is 5.02 Å². The molecule has 0 fully saturated rings. The summed E-state index contributed by atoms with van der Waals surface area (Å²) in [6.45, 7) is 2.37. The van der Waals surface area contributed by atoms with E-state index in [4.69, 9.17) is 16.3 Å². The van der Waals surface area contributed by atoms with E-state index in [2.05, 4.69) is 5.32 Å². The molecule has 0 aromatic heterocycles. The van der Waals surface area contributed by atoms with Crippen LogP contribution in [0, 0.1) is 10.1 Å². The van der Waals surface area contributed by atoms with Gasteiger partial charge in [-0.25, -0.2) is 0 Å². The van der Waals surface area contributed by atoms with Gasteiger partial charge in [-0.15, -0.1) is 0 Å². The Balaban J connectivity index is 2.55. The number of fused-ring (bicyclic) bond motifs is 1. The van der Waals surface area contributed by atoms with Crippen LogP contribution >= 0.6 is 11.6 Å². The summed E-state index contributed by atoms with van der Waals surface area (Å²) in [5.74, 6) is 0.437. The van der Waals surface area contributed by atoms with E-state index in [1.165, 1.54) is 6.07 Å². The topological polar surface area (TPSA) is 64.4 Å². The first kappa shape index (κ1) is 10.0. The summed E-state index contributed by atoms with van der Waals surface area (Å²) in [7, 11) is 0. The van der Waals surface area contributed by atoms with Crippen LogP contribution in [0.4, 0.5) is 11.4 Å². The highest BCUT2D eigenvalue weighted by Gasteiger charge is 2.25. The van der Waals surface area contributed by atoms with Crippen molar-refractivity contribution >= 4 is 23.0 Å². The number of nitrogens with one attached hydrogen (secondary N) is 1. The number of halogens is 1. The minimum Gasteiger partial charge on any atom is -0.489 e. The summed E-state index contributed by atoms with van der Waals surface area (Å²) in [4.78, 5) is 10.3. The number of nitro groups is 1. The molecule has 1 aliphatic heterocycles. The van der Waals surface area contributed by atoms with Gasteiger partial charge in [-0.1, -0.05) is 11.6 Å². The van der Waals surface area contributed by atoms with Gasteiger partial charge in [-0.3, -0.25) is 10.1 Å². The predicted molar refractivity (Wildman–Crippen MR) is 56.7 cm³/mol. The number of benzene rings is 1. The van der Waals surface area contributed by atoms with Crippen LogP contribution in [0.1, 0.15) is 6.92 Å². The Kier molecular flexibility index (Phi) is 2.40. The third kappa shape index (κ3) is 1.83. The van der Waals surface area contributed by atoms with Gasteiger partial charge in [-0.05, 0) is 6.92 Å². The first-order chi connectivity index (χ1) is 7.08. The summed E-state index contributed by atoms with van der Waals surface area (Å²) >= 11 is 5.75. The standard InChI is InChI=1S/C9H9ClN2O3/c1-5-4-15-8-3-6(10)2-7(12(13)14)9(8)11-5/h2-3,5,11H,4H2,1H3/t5-/m0/s1. The van der Waals surface area contributed by atoms with Gasteiger partial charge < -0.3 is 10.1 Å². The average Bonchev–Trinajstić information content (AvgIpc) is 2.17. The largest absolute Gasteiger partial charge is 0.489 e. The SMILES string of the molecule is C[C@H]1COc2cc(Cl)cc([N+](=O)[O-])c2N1. The fourth-order valence-electron chi connectivity index (χ4n) is 1.47. The molecule has 1 heterocycles. The fraction of sp³-hybridized carbons (Fsp3) is 0.333. The monoisotopic (exact) mass is 228 g/mol. The molecule has 15 heavy (non-hydrogen) atoms. The van der Waals surface area contributed by atoms with E-state index >= 15 is 0 Å². The molecule has 6 heteroatoms. The molecular formula is C9H9ClN2O3. The first-order valence-corrected chi connectivity index (χ1v) is 4.83. The maximum Gasteiger partial charge on any atom is 0.297 e. The number of anilines is 1. The molecule has 1 atom stereocenters. The van der Waals surface area contributed by atoms with Crippen molar-refractivity contribution < 1.29 is 9.66 Å². The molecule has 2 rings (SSSR count). The van der Waals surface area contributed by atoms with Gasteiger partial charge in [0.15, 0.2) is 11.4 Å². The number of ether oxygens (including phenoxy) is 1. The third-order valence-corrected chi connectivity index (χ3v) is 2.34. The Morgan fingerprint density at radius 3 is 3.07 bits per heavy atom. The van der Waals surface area contributed by atoms with Gasteiger partial charge in [-0.2, -0.15) is 0 Å². The molecule has 0 bridgehead atoms. The second-order valence-electron chi connectivity index (χ2n) is 3.41. The maximum atomic E-state index is 10.8. The minimum atomic E-state index is -0.473. The Morgan fingerprint density at radius 2 is 2.40 bits per heavy atom. The van der Waals surface area contributed by atoms with Crippen molar-refractivity contribution in [2.24, 2.45) is 0 Å². The van der Waals surface area contributed by atoms with Crippen LogP contribution in [0.5, 0.6) is 5.75 Å². The second-order valence-corrected chi connectivity index (χ2v) is 3.85. The average molecular weight is 229 g/mol. The molecule has 1 N–H and O–H groups in total. The minimum absolute atomic E-state index is 0.0518. The highest BCUT2D eigenvalue weighted by molar-refractivity contribution is 6.31. The van der Waals surface area contributed by atoms with Crippen LogP contribution in [-0.4, -0.2) is 17.6 Å². The Labute approximate surface area is 91.1 Å². The molecule has 1 aromatic rings. The van der Waals surface area contributed by atoms with Crippen LogP contribution in [0.3, 0.4) is 0 Å². The van der Waals surface area contributed by atoms with Crippen molar-refractivity contribution in [3.05, 3.63) is 27.3 Å².